The van der Waals surface area contributed by atoms with Gasteiger partial charge in [0.25, 0.3) is 0 Å². The van der Waals surface area contributed by atoms with Crippen LogP contribution in [0.1, 0.15) is 22.5 Å². The van der Waals surface area contributed by atoms with E-state index in [1.165, 1.54) is 11.1 Å². The van der Waals surface area contributed by atoms with Crippen molar-refractivity contribution in [3.63, 3.8) is 0 Å². The van der Waals surface area contributed by atoms with Crippen LogP contribution in [0.15, 0.2) is 42.5 Å². The van der Waals surface area contributed by atoms with Gasteiger partial charge in [-0.2, -0.15) is 0 Å². The highest BCUT2D eigenvalue weighted by Crippen LogP contribution is 2.28. The van der Waals surface area contributed by atoms with Crippen LogP contribution in [0.4, 0.5) is 17.3 Å². The van der Waals surface area contributed by atoms with E-state index in [0.29, 0.717) is 23.9 Å². The number of anilines is 3. The van der Waals surface area contributed by atoms with E-state index in [1.54, 1.807) is 14.2 Å². The lowest BCUT2D eigenvalue weighted by Crippen LogP contribution is -2.05. The lowest BCUT2D eigenvalue weighted by atomic mass is 10.1. The van der Waals surface area contributed by atoms with Crippen LogP contribution in [0.3, 0.4) is 0 Å². The van der Waals surface area contributed by atoms with Gasteiger partial charge in [-0.25, -0.2) is 9.97 Å². The van der Waals surface area contributed by atoms with Gasteiger partial charge in [-0.15, -0.1) is 0 Å². The van der Waals surface area contributed by atoms with Crippen LogP contribution in [-0.4, -0.2) is 24.2 Å². The third-order valence-electron chi connectivity index (χ3n) is 4.25. The summed E-state index contributed by atoms with van der Waals surface area (Å²) in [6.45, 7) is 6.66. The van der Waals surface area contributed by atoms with Gasteiger partial charge in [0.1, 0.15) is 17.5 Å². The highest BCUT2D eigenvalue weighted by molar-refractivity contribution is 5.61. The predicted octanol–water partition coefficient (Wildman–Crippen LogP) is 4.77. The van der Waals surface area contributed by atoms with Gasteiger partial charge in [-0.1, -0.05) is 12.1 Å². The Hall–Kier alpha value is -3.28. The van der Waals surface area contributed by atoms with Crippen molar-refractivity contribution in [1.29, 1.82) is 0 Å². The summed E-state index contributed by atoms with van der Waals surface area (Å²) in [6, 6.07) is 14.1. The van der Waals surface area contributed by atoms with Gasteiger partial charge in [0, 0.05) is 18.3 Å². The zero-order valence-corrected chi connectivity index (χ0v) is 17.0. The first-order valence-corrected chi connectivity index (χ1v) is 9.12. The molecule has 0 radical (unpaired) electrons. The maximum Gasteiger partial charge on any atom is 0.161 e. The monoisotopic (exact) mass is 378 g/mol. The average Bonchev–Trinajstić information content (AvgIpc) is 2.64. The Labute approximate surface area is 166 Å². The van der Waals surface area contributed by atoms with Gasteiger partial charge >= 0.3 is 0 Å². The molecule has 3 rings (SSSR count). The van der Waals surface area contributed by atoms with E-state index in [4.69, 9.17) is 9.47 Å². The lowest BCUT2D eigenvalue weighted by molar-refractivity contribution is 0.354. The molecule has 0 aliphatic rings. The molecular formula is C22H26N4O2. The number of rotatable bonds is 7. The number of benzene rings is 2. The minimum Gasteiger partial charge on any atom is -0.493 e. The van der Waals surface area contributed by atoms with Crippen LogP contribution in [0.25, 0.3) is 0 Å². The van der Waals surface area contributed by atoms with Crippen molar-refractivity contribution in [2.24, 2.45) is 0 Å². The maximum atomic E-state index is 5.36. The topological polar surface area (TPSA) is 68.3 Å². The second-order valence-electron chi connectivity index (χ2n) is 6.73. The molecule has 6 heteroatoms. The second-order valence-corrected chi connectivity index (χ2v) is 6.73. The Morgan fingerprint density at radius 1 is 0.786 bits per heavy atom. The second kappa shape index (κ2) is 8.61. The molecule has 3 aromatic rings. The van der Waals surface area contributed by atoms with Crippen molar-refractivity contribution >= 4 is 17.3 Å². The van der Waals surface area contributed by atoms with E-state index in [2.05, 4.69) is 52.6 Å². The fourth-order valence-corrected chi connectivity index (χ4v) is 3.10. The molecule has 0 aliphatic carbocycles. The van der Waals surface area contributed by atoms with Crippen LogP contribution in [0.2, 0.25) is 0 Å². The summed E-state index contributed by atoms with van der Waals surface area (Å²) in [5.41, 5.74) is 4.50. The lowest BCUT2D eigenvalue weighted by Gasteiger charge is -2.12. The zero-order valence-electron chi connectivity index (χ0n) is 17.0. The summed E-state index contributed by atoms with van der Waals surface area (Å²) in [6.07, 6.45) is 0. The summed E-state index contributed by atoms with van der Waals surface area (Å²) in [5.74, 6) is 3.63. The van der Waals surface area contributed by atoms with Gasteiger partial charge in [0.2, 0.25) is 0 Å². The molecule has 0 bridgehead atoms. The summed E-state index contributed by atoms with van der Waals surface area (Å²) in [4.78, 5) is 8.98. The average molecular weight is 378 g/mol. The largest absolute Gasteiger partial charge is 0.493 e. The summed E-state index contributed by atoms with van der Waals surface area (Å²) < 4.78 is 10.6. The fourth-order valence-electron chi connectivity index (χ4n) is 3.10. The number of hydrogen-bond acceptors (Lipinski definition) is 6. The standard InChI is InChI=1S/C22H26N4O2/c1-14-8-15(2)10-18(9-14)26-22-12-21(24-16(3)25-22)23-13-17-6-7-19(27-4)20(11-17)28-5/h6-12H,13H2,1-5H3,(H2,23,24,25,26). The van der Waals surface area contributed by atoms with Gasteiger partial charge in [-0.05, 0) is 61.7 Å². The van der Waals surface area contributed by atoms with E-state index in [9.17, 15) is 0 Å². The molecule has 2 aromatic carbocycles. The SMILES string of the molecule is COc1ccc(CNc2cc(Nc3cc(C)cc(C)c3)nc(C)n2)cc1OC. The van der Waals surface area contributed by atoms with Crippen molar-refractivity contribution in [3.05, 3.63) is 65.0 Å². The molecule has 0 aliphatic heterocycles. The first-order chi connectivity index (χ1) is 13.5. The molecule has 28 heavy (non-hydrogen) atoms. The van der Waals surface area contributed by atoms with Crippen molar-refractivity contribution in [1.82, 2.24) is 9.97 Å². The Morgan fingerprint density at radius 2 is 1.46 bits per heavy atom. The molecule has 0 unspecified atom stereocenters. The number of aromatic nitrogens is 2. The molecule has 0 saturated carbocycles. The van der Waals surface area contributed by atoms with E-state index < -0.39 is 0 Å². The molecule has 0 spiro atoms. The summed E-state index contributed by atoms with van der Waals surface area (Å²) in [5, 5.41) is 6.72. The highest BCUT2D eigenvalue weighted by Gasteiger charge is 2.07. The van der Waals surface area contributed by atoms with E-state index >= 15 is 0 Å². The Kier molecular flexibility index (Phi) is 5.99. The maximum absolute atomic E-state index is 5.36. The number of nitrogens with zero attached hydrogens (tertiary/aromatic N) is 2. The van der Waals surface area contributed by atoms with Crippen LogP contribution in [-0.2, 0) is 6.54 Å². The van der Waals surface area contributed by atoms with Gasteiger partial charge < -0.3 is 20.1 Å². The van der Waals surface area contributed by atoms with E-state index in [1.807, 2.05) is 31.2 Å². The van der Waals surface area contributed by atoms with Crippen molar-refractivity contribution in [2.45, 2.75) is 27.3 Å². The van der Waals surface area contributed by atoms with Gasteiger partial charge in [-0.3, -0.25) is 0 Å². The molecule has 0 amide bonds. The predicted molar refractivity (Wildman–Crippen MR) is 113 cm³/mol. The van der Waals surface area contributed by atoms with Crippen LogP contribution in [0, 0.1) is 20.8 Å². The van der Waals surface area contributed by atoms with E-state index in [-0.39, 0.29) is 0 Å². The highest BCUT2D eigenvalue weighted by atomic mass is 16.5. The quantitative estimate of drug-likeness (QED) is 0.617. The molecular weight excluding hydrogens is 352 g/mol. The van der Waals surface area contributed by atoms with Crippen LogP contribution < -0.4 is 20.1 Å². The van der Waals surface area contributed by atoms with Crippen LogP contribution >= 0.6 is 0 Å². The number of hydrogen-bond donors (Lipinski definition) is 2. The van der Waals surface area contributed by atoms with Gasteiger partial charge in [0.15, 0.2) is 11.5 Å². The smallest absolute Gasteiger partial charge is 0.161 e. The molecule has 1 aromatic heterocycles. The Morgan fingerprint density at radius 3 is 2.14 bits per heavy atom. The minimum absolute atomic E-state index is 0.611. The summed E-state index contributed by atoms with van der Waals surface area (Å²) >= 11 is 0. The normalized spacial score (nSPS) is 10.5. The van der Waals surface area contributed by atoms with E-state index in [0.717, 1.165) is 22.9 Å². The molecule has 6 nitrogen and oxygen atoms in total. The van der Waals surface area contributed by atoms with Crippen molar-refractivity contribution < 1.29 is 9.47 Å². The Balaban J connectivity index is 1.74. The number of methoxy groups -OCH3 is 2. The van der Waals surface area contributed by atoms with Crippen LogP contribution in [0.5, 0.6) is 11.5 Å². The molecule has 0 fully saturated rings. The molecule has 0 saturated heterocycles. The third-order valence-corrected chi connectivity index (χ3v) is 4.25. The zero-order chi connectivity index (χ0) is 20.1. The molecule has 0 atom stereocenters. The fraction of sp³-hybridized carbons (Fsp3) is 0.273. The Bertz CT molecular complexity index is 952. The molecule has 2 N–H and O–H groups in total. The van der Waals surface area contributed by atoms with Gasteiger partial charge in [0.05, 0.1) is 14.2 Å². The first-order valence-electron chi connectivity index (χ1n) is 9.12. The van der Waals surface area contributed by atoms with Crippen molar-refractivity contribution in [2.75, 3.05) is 24.9 Å². The first kappa shape index (κ1) is 19.5. The third kappa shape index (κ3) is 4.91. The molecule has 1 heterocycles. The molecule has 146 valence electrons. The number of ether oxygens (including phenoxy) is 2. The summed E-state index contributed by atoms with van der Waals surface area (Å²) in [7, 11) is 3.26. The number of aryl methyl sites for hydroxylation is 3. The number of nitrogens with one attached hydrogen (secondary N) is 2. The minimum atomic E-state index is 0.611. The van der Waals surface area contributed by atoms with Crippen molar-refractivity contribution in [3.8, 4) is 11.5 Å².